The second-order valence-electron chi connectivity index (χ2n) is 6.24. The number of aryl methyl sites for hydroxylation is 1. The van der Waals surface area contributed by atoms with Crippen LogP contribution in [0.15, 0.2) is 66.9 Å². The first kappa shape index (κ1) is 19.1. The number of methoxy groups -OCH3 is 1. The topological polar surface area (TPSA) is 80.3 Å². The lowest BCUT2D eigenvalue weighted by atomic mass is 10.1. The molecule has 1 amide bonds. The van der Waals surface area contributed by atoms with Gasteiger partial charge < -0.3 is 15.4 Å². The molecule has 2 N–H and O–H groups in total. The first-order valence-corrected chi connectivity index (χ1v) is 8.81. The molecule has 1 aromatic heterocycles. The summed E-state index contributed by atoms with van der Waals surface area (Å²) in [5.41, 5.74) is 3.83. The average molecular weight is 375 g/mol. The first-order valence-electron chi connectivity index (χ1n) is 8.81. The van der Waals surface area contributed by atoms with E-state index >= 15 is 0 Å². The number of ether oxygens (including phenoxy) is 1. The number of esters is 1. The first-order chi connectivity index (χ1) is 13.6. The SMILES string of the molecule is COC(=O)c1cccc(Nc2ccc(C(=O)NCc3ccccc3C)cn2)c1. The molecule has 0 saturated heterocycles. The van der Waals surface area contributed by atoms with Crippen molar-refractivity contribution in [2.75, 3.05) is 12.4 Å². The van der Waals surface area contributed by atoms with Gasteiger partial charge in [-0.05, 0) is 48.4 Å². The molecular formula is C22H21N3O3. The van der Waals surface area contributed by atoms with E-state index in [4.69, 9.17) is 4.74 Å². The molecule has 0 aliphatic carbocycles. The number of anilines is 2. The number of benzene rings is 2. The summed E-state index contributed by atoms with van der Waals surface area (Å²) >= 11 is 0. The molecule has 1 heterocycles. The molecule has 2 aromatic carbocycles. The van der Waals surface area contributed by atoms with Crippen LogP contribution in [0.4, 0.5) is 11.5 Å². The second kappa shape index (κ2) is 8.81. The summed E-state index contributed by atoms with van der Waals surface area (Å²) in [6.45, 7) is 2.48. The summed E-state index contributed by atoms with van der Waals surface area (Å²) in [7, 11) is 1.34. The zero-order valence-electron chi connectivity index (χ0n) is 15.7. The highest BCUT2D eigenvalue weighted by Crippen LogP contribution is 2.17. The quantitative estimate of drug-likeness (QED) is 0.640. The maximum absolute atomic E-state index is 12.3. The molecular weight excluding hydrogens is 354 g/mol. The molecule has 0 bridgehead atoms. The summed E-state index contributed by atoms with van der Waals surface area (Å²) < 4.78 is 4.72. The molecule has 0 fully saturated rings. The molecule has 0 unspecified atom stereocenters. The van der Waals surface area contributed by atoms with E-state index in [1.807, 2.05) is 37.3 Å². The normalized spacial score (nSPS) is 10.2. The highest BCUT2D eigenvalue weighted by Gasteiger charge is 2.08. The van der Waals surface area contributed by atoms with E-state index in [9.17, 15) is 9.59 Å². The van der Waals surface area contributed by atoms with Gasteiger partial charge in [-0.15, -0.1) is 0 Å². The number of nitrogens with zero attached hydrogens (tertiary/aromatic N) is 1. The zero-order valence-corrected chi connectivity index (χ0v) is 15.7. The van der Waals surface area contributed by atoms with Crippen LogP contribution in [0.1, 0.15) is 31.8 Å². The van der Waals surface area contributed by atoms with E-state index in [1.54, 1.807) is 30.3 Å². The van der Waals surface area contributed by atoms with Crippen LogP contribution in [-0.4, -0.2) is 24.0 Å². The minimum Gasteiger partial charge on any atom is -0.465 e. The maximum atomic E-state index is 12.3. The van der Waals surface area contributed by atoms with Gasteiger partial charge in [0.2, 0.25) is 0 Å². The van der Waals surface area contributed by atoms with E-state index in [0.29, 0.717) is 29.2 Å². The van der Waals surface area contributed by atoms with Gasteiger partial charge in [0, 0.05) is 18.4 Å². The van der Waals surface area contributed by atoms with Crippen molar-refractivity contribution in [3.63, 3.8) is 0 Å². The molecule has 142 valence electrons. The van der Waals surface area contributed by atoms with E-state index in [2.05, 4.69) is 15.6 Å². The Bertz CT molecular complexity index is 984. The molecule has 0 spiro atoms. The number of carbonyl (C=O) groups excluding carboxylic acids is 2. The van der Waals surface area contributed by atoms with Crippen molar-refractivity contribution in [2.24, 2.45) is 0 Å². The summed E-state index contributed by atoms with van der Waals surface area (Å²) in [5, 5.41) is 6.01. The highest BCUT2D eigenvalue weighted by molar-refractivity contribution is 5.94. The number of amides is 1. The summed E-state index contributed by atoms with van der Waals surface area (Å²) in [6.07, 6.45) is 1.51. The van der Waals surface area contributed by atoms with Crippen molar-refractivity contribution < 1.29 is 14.3 Å². The van der Waals surface area contributed by atoms with Crippen LogP contribution < -0.4 is 10.6 Å². The number of aromatic nitrogens is 1. The molecule has 0 saturated carbocycles. The van der Waals surface area contributed by atoms with E-state index < -0.39 is 5.97 Å². The number of pyridine rings is 1. The Morgan fingerprint density at radius 2 is 1.82 bits per heavy atom. The molecule has 28 heavy (non-hydrogen) atoms. The molecule has 6 heteroatoms. The number of rotatable bonds is 6. The predicted molar refractivity (Wildman–Crippen MR) is 108 cm³/mol. The van der Waals surface area contributed by atoms with Gasteiger partial charge in [0.15, 0.2) is 0 Å². The predicted octanol–water partition coefficient (Wildman–Crippen LogP) is 3.85. The molecule has 6 nitrogen and oxygen atoms in total. The van der Waals surface area contributed by atoms with Gasteiger partial charge >= 0.3 is 5.97 Å². The monoisotopic (exact) mass is 375 g/mol. The maximum Gasteiger partial charge on any atom is 0.337 e. The molecule has 0 atom stereocenters. The van der Waals surface area contributed by atoms with Crippen LogP contribution in [0.5, 0.6) is 0 Å². The van der Waals surface area contributed by atoms with Crippen LogP contribution in [0.2, 0.25) is 0 Å². The Balaban J connectivity index is 1.62. The lowest BCUT2D eigenvalue weighted by Crippen LogP contribution is -2.23. The van der Waals surface area contributed by atoms with E-state index in [0.717, 1.165) is 11.1 Å². The molecule has 0 radical (unpaired) electrons. The van der Waals surface area contributed by atoms with E-state index in [-0.39, 0.29) is 5.91 Å². The summed E-state index contributed by atoms with van der Waals surface area (Å²) in [4.78, 5) is 28.2. The second-order valence-corrected chi connectivity index (χ2v) is 6.24. The lowest BCUT2D eigenvalue weighted by molar-refractivity contribution is 0.0600. The van der Waals surface area contributed by atoms with Crippen molar-refractivity contribution in [2.45, 2.75) is 13.5 Å². The fourth-order valence-electron chi connectivity index (χ4n) is 2.68. The number of hydrogen-bond donors (Lipinski definition) is 2. The Hall–Kier alpha value is -3.67. The highest BCUT2D eigenvalue weighted by atomic mass is 16.5. The Labute approximate surface area is 163 Å². The standard InChI is InChI=1S/C22H21N3O3/c1-15-6-3-4-7-17(15)13-24-21(26)18-10-11-20(23-14-18)25-19-9-5-8-16(12-19)22(27)28-2/h3-12,14H,13H2,1-2H3,(H,23,25)(H,24,26). The average Bonchev–Trinajstić information content (AvgIpc) is 2.73. The third-order valence-corrected chi connectivity index (χ3v) is 4.28. The van der Waals surface area contributed by atoms with Gasteiger partial charge in [0.1, 0.15) is 5.82 Å². The number of hydrogen-bond acceptors (Lipinski definition) is 5. The summed E-state index contributed by atoms with van der Waals surface area (Å²) in [5.74, 6) is -0.0234. The van der Waals surface area contributed by atoms with Crippen LogP contribution in [0, 0.1) is 6.92 Å². The van der Waals surface area contributed by atoms with Gasteiger partial charge in [-0.2, -0.15) is 0 Å². The minimum absolute atomic E-state index is 0.185. The molecule has 3 rings (SSSR count). The smallest absolute Gasteiger partial charge is 0.337 e. The Morgan fingerprint density at radius 1 is 1.00 bits per heavy atom. The van der Waals surface area contributed by atoms with Gasteiger partial charge in [-0.25, -0.2) is 9.78 Å². The Kier molecular flexibility index (Phi) is 6.01. The largest absolute Gasteiger partial charge is 0.465 e. The van der Waals surface area contributed by atoms with Crippen molar-refractivity contribution >= 4 is 23.4 Å². The van der Waals surface area contributed by atoms with Gasteiger partial charge in [-0.1, -0.05) is 30.3 Å². The molecule has 3 aromatic rings. The van der Waals surface area contributed by atoms with E-state index in [1.165, 1.54) is 13.3 Å². The van der Waals surface area contributed by atoms with Crippen LogP contribution >= 0.6 is 0 Å². The number of nitrogens with one attached hydrogen (secondary N) is 2. The van der Waals surface area contributed by atoms with Gasteiger partial charge in [-0.3, -0.25) is 4.79 Å². The third-order valence-electron chi connectivity index (χ3n) is 4.28. The van der Waals surface area contributed by atoms with Gasteiger partial charge in [0.05, 0.1) is 18.2 Å². The number of carbonyl (C=O) groups is 2. The van der Waals surface area contributed by atoms with Crippen molar-refractivity contribution in [3.05, 3.63) is 89.1 Å². The van der Waals surface area contributed by atoms with Crippen molar-refractivity contribution in [1.29, 1.82) is 0 Å². The van der Waals surface area contributed by atoms with Crippen LogP contribution in [0.25, 0.3) is 0 Å². The zero-order chi connectivity index (χ0) is 19.9. The molecule has 0 aliphatic heterocycles. The van der Waals surface area contributed by atoms with Crippen molar-refractivity contribution in [3.8, 4) is 0 Å². The Morgan fingerprint density at radius 3 is 2.54 bits per heavy atom. The fraction of sp³-hybridized carbons (Fsp3) is 0.136. The minimum atomic E-state index is -0.405. The van der Waals surface area contributed by atoms with Crippen LogP contribution in [-0.2, 0) is 11.3 Å². The lowest BCUT2D eigenvalue weighted by Gasteiger charge is -2.09. The fourth-order valence-corrected chi connectivity index (χ4v) is 2.68. The van der Waals surface area contributed by atoms with Crippen LogP contribution in [0.3, 0.4) is 0 Å². The van der Waals surface area contributed by atoms with Gasteiger partial charge in [0.25, 0.3) is 5.91 Å². The molecule has 0 aliphatic rings. The van der Waals surface area contributed by atoms with Crippen molar-refractivity contribution in [1.82, 2.24) is 10.3 Å². The summed E-state index contributed by atoms with van der Waals surface area (Å²) in [6, 6.07) is 18.3. The third kappa shape index (κ3) is 4.73.